The van der Waals surface area contributed by atoms with Gasteiger partial charge in [-0.1, -0.05) is 30.4 Å². The number of hydrogen-bond donors (Lipinski definition) is 4. The molecule has 0 amide bonds. The SMILES string of the molecule is C=CCOC(=O)c1cc(O)c(O)c(O)c1.Cc1ccc(S(=O)(=O)O)cc1. The van der Waals surface area contributed by atoms with Crippen LogP contribution in [0.5, 0.6) is 17.2 Å². The van der Waals surface area contributed by atoms with Crippen LogP contribution in [-0.4, -0.2) is 40.9 Å². The third-order valence-corrected chi connectivity index (χ3v) is 3.82. The monoisotopic (exact) mass is 382 g/mol. The largest absolute Gasteiger partial charge is 0.504 e. The van der Waals surface area contributed by atoms with Crippen LogP contribution < -0.4 is 0 Å². The Balaban J connectivity index is 0.000000273. The molecule has 2 rings (SSSR count). The molecule has 0 heterocycles. The fourth-order valence-electron chi connectivity index (χ4n) is 1.65. The molecule has 0 aliphatic rings. The van der Waals surface area contributed by atoms with Crippen molar-refractivity contribution in [2.75, 3.05) is 6.61 Å². The summed E-state index contributed by atoms with van der Waals surface area (Å²) in [4.78, 5) is 11.2. The highest BCUT2D eigenvalue weighted by molar-refractivity contribution is 7.85. The lowest BCUT2D eigenvalue weighted by molar-refractivity contribution is 0.0548. The minimum absolute atomic E-state index is 0.0290. The Morgan fingerprint density at radius 3 is 2.04 bits per heavy atom. The molecular formula is C17H18O8S. The second-order valence-corrected chi connectivity index (χ2v) is 6.46. The molecule has 0 saturated carbocycles. The minimum Gasteiger partial charge on any atom is -0.504 e. The van der Waals surface area contributed by atoms with Crippen molar-refractivity contribution < 1.29 is 37.8 Å². The maximum atomic E-state index is 11.2. The number of aryl methyl sites for hydroxylation is 1. The summed E-state index contributed by atoms with van der Waals surface area (Å²) in [7, 11) is -4.02. The summed E-state index contributed by atoms with van der Waals surface area (Å²) in [5.41, 5.74) is 0.905. The van der Waals surface area contributed by atoms with Gasteiger partial charge >= 0.3 is 5.97 Å². The number of carbonyl (C=O) groups excluding carboxylic acids is 1. The number of ether oxygens (including phenoxy) is 1. The second-order valence-electron chi connectivity index (χ2n) is 5.04. The highest BCUT2D eigenvalue weighted by Crippen LogP contribution is 2.35. The molecule has 4 N–H and O–H groups in total. The van der Waals surface area contributed by atoms with Gasteiger partial charge in [0.1, 0.15) is 6.61 Å². The van der Waals surface area contributed by atoms with Gasteiger partial charge in [-0.25, -0.2) is 4.79 Å². The van der Waals surface area contributed by atoms with Gasteiger partial charge in [0.25, 0.3) is 10.1 Å². The molecule has 0 aromatic heterocycles. The zero-order valence-corrected chi connectivity index (χ0v) is 14.6. The molecule has 0 radical (unpaired) electrons. The van der Waals surface area contributed by atoms with Crippen molar-refractivity contribution in [3.05, 3.63) is 60.2 Å². The molecule has 9 heteroatoms. The summed E-state index contributed by atoms with van der Waals surface area (Å²) in [5.74, 6) is -2.56. The molecule has 26 heavy (non-hydrogen) atoms. The number of hydrogen-bond acceptors (Lipinski definition) is 7. The first-order valence-corrected chi connectivity index (χ1v) is 8.57. The van der Waals surface area contributed by atoms with E-state index in [0.717, 1.165) is 17.7 Å². The van der Waals surface area contributed by atoms with Gasteiger partial charge in [-0.05, 0) is 31.2 Å². The van der Waals surface area contributed by atoms with Gasteiger partial charge in [-0.2, -0.15) is 8.42 Å². The lowest BCUT2D eigenvalue weighted by Crippen LogP contribution is -2.04. The van der Waals surface area contributed by atoms with E-state index in [0.29, 0.717) is 0 Å². The zero-order valence-electron chi connectivity index (χ0n) is 13.8. The summed E-state index contributed by atoms with van der Waals surface area (Å²) in [5, 5.41) is 27.3. The standard InChI is InChI=1S/C10H10O5.C7H8O3S/c1-2-3-15-10(14)6-4-7(11)9(13)8(12)5-6;1-6-2-4-7(5-3-6)11(8,9)10/h2,4-5,11-13H,1,3H2;2-5H,1H3,(H,8,9,10). The first-order chi connectivity index (χ1) is 12.1. The maximum Gasteiger partial charge on any atom is 0.338 e. The van der Waals surface area contributed by atoms with Crippen molar-refractivity contribution in [1.29, 1.82) is 0 Å². The van der Waals surface area contributed by atoms with E-state index in [-0.39, 0.29) is 17.1 Å². The molecule has 0 saturated heterocycles. The summed E-state index contributed by atoms with van der Waals surface area (Å²) >= 11 is 0. The van der Waals surface area contributed by atoms with E-state index in [2.05, 4.69) is 11.3 Å². The topological polar surface area (TPSA) is 141 Å². The molecule has 0 spiro atoms. The van der Waals surface area contributed by atoms with Gasteiger partial charge in [0.2, 0.25) is 0 Å². The van der Waals surface area contributed by atoms with Gasteiger partial charge in [0.15, 0.2) is 17.2 Å². The summed E-state index contributed by atoms with van der Waals surface area (Å²) in [6.45, 7) is 5.23. The summed E-state index contributed by atoms with van der Waals surface area (Å²) in [6.07, 6.45) is 1.39. The highest BCUT2D eigenvalue weighted by atomic mass is 32.2. The summed E-state index contributed by atoms with van der Waals surface area (Å²) in [6, 6.07) is 7.99. The molecule has 0 unspecified atom stereocenters. The van der Waals surface area contributed by atoms with E-state index in [9.17, 15) is 13.2 Å². The van der Waals surface area contributed by atoms with Crippen LogP contribution in [0.2, 0.25) is 0 Å². The van der Waals surface area contributed by atoms with Gasteiger partial charge < -0.3 is 20.1 Å². The van der Waals surface area contributed by atoms with Gasteiger partial charge in [0, 0.05) is 0 Å². The molecule has 0 aliphatic heterocycles. The van der Waals surface area contributed by atoms with Crippen molar-refractivity contribution >= 4 is 16.1 Å². The average Bonchev–Trinajstić information content (AvgIpc) is 2.57. The van der Waals surface area contributed by atoms with E-state index in [1.54, 1.807) is 12.1 Å². The number of esters is 1. The van der Waals surface area contributed by atoms with Crippen LogP contribution in [0.15, 0.2) is 53.9 Å². The quantitative estimate of drug-likeness (QED) is 0.273. The third-order valence-electron chi connectivity index (χ3n) is 2.96. The van der Waals surface area contributed by atoms with E-state index in [1.807, 2.05) is 6.92 Å². The molecule has 0 fully saturated rings. The average molecular weight is 382 g/mol. The van der Waals surface area contributed by atoms with Gasteiger partial charge in [-0.15, -0.1) is 0 Å². The van der Waals surface area contributed by atoms with Gasteiger partial charge in [-0.3, -0.25) is 4.55 Å². The van der Waals surface area contributed by atoms with Crippen LogP contribution >= 0.6 is 0 Å². The van der Waals surface area contributed by atoms with Crippen molar-refractivity contribution in [3.63, 3.8) is 0 Å². The van der Waals surface area contributed by atoms with Crippen LogP contribution in [0, 0.1) is 6.92 Å². The summed E-state index contributed by atoms with van der Waals surface area (Å²) < 4.78 is 34.2. The fraction of sp³-hybridized carbons (Fsp3) is 0.118. The van der Waals surface area contributed by atoms with Crippen LogP contribution in [0.1, 0.15) is 15.9 Å². The van der Waals surface area contributed by atoms with Crippen LogP contribution in [0.4, 0.5) is 0 Å². The Kier molecular flexibility index (Phi) is 7.17. The second kappa shape index (κ2) is 8.88. The smallest absolute Gasteiger partial charge is 0.338 e. The first kappa shape index (κ1) is 21.0. The van der Waals surface area contributed by atoms with Crippen LogP contribution in [-0.2, 0) is 14.9 Å². The van der Waals surface area contributed by atoms with E-state index in [4.69, 9.17) is 19.9 Å². The zero-order chi connectivity index (χ0) is 19.9. The van der Waals surface area contributed by atoms with E-state index in [1.165, 1.54) is 18.2 Å². The molecular weight excluding hydrogens is 364 g/mol. The van der Waals surface area contributed by atoms with Gasteiger partial charge in [0.05, 0.1) is 10.5 Å². The van der Waals surface area contributed by atoms with Crippen molar-refractivity contribution in [3.8, 4) is 17.2 Å². The molecule has 0 aliphatic carbocycles. The Bertz CT molecular complexity index is 862. The van der Waals surface area contributed by atoms with E-state index < -0.39 is 33.3 Å². The lowest BCUT2D eigenvalue weighted by Gasteiger charge is -2.05. The Morgan fingerprint density at radius 1 is 1.12 bits per heavy atom. The fourth-order valence-corrected chi connectivity index (χ4v) is 2.13. The number of carbonyl (C=O) groups is 1. The minimum atomic E-state index is -4.02. The number of phenolic OH excluding ortho intramolecular Hbond substituents is 3. The molecule has 0 atom stereocenters. The number of aromatic hydroxyl groups is 3. The number of rotatable bonds is 4. The highest BCUT2D eigenvalue weighted by Gasteiger charge is 2.13. The Labute approximate surface area is 150 Å². The Hall–Kier alpha value is -3.04. The predicted octanol–water partition coefficient (Wildman–Crippen LogP) is 2.39. The number of phenols is 3. The van der Waals surface area contributed by atoms with Crippen molar-refractivity contribution in [2.45, 2.75) is 11.8 Å². The van der Waals surface area contributed by atoms with Crippen LogP contribution in [0.25, 0.3) is 0 Å². The first-order valence-electron chi connectivity index (χ1n) is 7.13. The van der Waals surface area contributed by atoms with Crippen molar-refractivity contribution in [2.24, 2.45) is 0 Å². The normalized spacial score (nSPS) is 10.4. The lowest BCUT2D eigenvalue weighted by atomic mass is 10.2. The number of benzene rings is 2. The van der Waals surface area contributed by atoms with Crippen LogP contribution in [0.3, 0.4) is 0 Å². The van der Waals surface area contributed by atoms with E-state index >= 15 is 0 Å². The molecule has 2 aromatic rings. The molecule has 8 nitrogen and oxygen atoms in total. The third kappa shape index (κ3) is 6.11. The molecule has 140 valence electrons. The van der Waals surface area contributed by atoms with Crippen molar-refractivity contribution in [1.82, 2.24) is 0 Å². The molecule has 0 bridgehead atoms. The molecule has 2 aromatic carbocycles. The predicted molar refractivity (Wildman–Crippen MR) is 92.9 cm³/mol. The maximum absolute atomic E-state index is 11.2. The Morgan fingerprint density at radius 2 is 1.62 bits per heavy atom.